The van der Waals surface area contributed by atoms with Gasteiger partial charge in [-0.3, -0.25) is 4.79 Å². The van der Waals surface area contributed by atoms with Crippen molar-refractivity contribution in [3.63, 3.8) is 0 Å². The summed E-state index contributed by atoms with van der Waals surface area (Å²) in [4.78, 5) is 11.5. The number of aliphatic hydroxyl groups excluding tert-OH is 1. The highest BCUT2D eigenvalue weighted by Crippen LogP contribution is 2.23. The molecule has 2 aromatic rings. The topological polar surface area (TPSA) is 37.3 Å². The molecule has 1 N–H and O–H groups in total. The molecule has 2 nitrogen and oxygen atoms in total. The minimum absolute atomic E-state index is 0. The number of hydrogen-bond acceptors (Lipinski definition) is 2. The van der Waals surface area contributed by atoms with Crippen LogP contribution in [0.4, 0.5) is 0 Å². The van der Waals surface area contributed by atoms with Gasteiger partial charge in [0.1, 0.15) is 0 Å². The Morgan fingerprint density at radius 1 is 0.724 bits per heavy atom. The lowest BCUT2D eigenvalue weighted by atomic mass is 9.96. The van der Waals surface area contributed by atoms with Crippen molar-refractivity contribution in [2.24, 2.45) is 0 Å². The molecule has 0 spiro atoms. The van der Waals surface area contributed by atoms with E-state index in [2.05, 4.69) is 45.9 Å². The zero-order chi connectivity index (χ0) is 20.0. The summed E-state index contributed by atoms with van der Waals surface area (Å²) in [5.74, 6) is 0.237. The Morgan fingerprint density at radius 3 is 1.59 bits per heavy atom. The normalized spacial score (nSPS) is 10.4. The number of carbonyl (C=O) groups is 1. The summed E-state index contributed by atoms with van der Waals surface area (Å²) in [6, 6.07) is 8.32. The van der Waals surface area contributed by atoms with Gasteiger partial charge in [0.15, 0.2) is 5.78 Å². The number of rotatable bonds is 4. The molecule has 0 amide bonds. The lowest BCUT2D eigenvalue weighted by Gasteiger charge is -2.14. The molecule has 1 atom stereocenters. The van der Waals surface area contributed by atoms with E-state index in [1.165, 1.54) is 27.8 Å². The first-order valence-electron chi connectivity index (χ1n) is 9.49. The highest BCUT2D eigenvalue weighted by molar-refractivity contribution is 5.97. The van der Waals surface area contributed by atoms with Crippen LogP contribution in [0.1, 0.15) is 104 Å². The van der Waals surface area contributed by atoms with Crippen molar-refractivity contribution in [3.8, 4) is 0 Å². The predicted octanol–water partition coefficient (Wildman–Crippen LogP) is 8.17. The van der Waals surface area contributed by atoms with Gasteiger partial charge in [0.2, 0.25) is 0 Å². The first kappa shape index (κ1) is 31.8. The second-order valence-electron chi connectivity index (χ2n) is 7.25. The average molecular weight is 403 g/mol. The zero-order valence-electron chi connectivity index (χ0n) is 17.7. The SMILES string of the molecule is C.C.C.CCC(=O)c1cc(C)c(C)cc1C.CCC(O)c1cc(C)c(C)cc1C. The Bertz CT molecular complexity index is 773. The van der Waals surface area contributed by atoms with Crippen molar-refractivity contribution >= 4 is 5.78 Å². The van der Waals surface area contributed by atoms with Crippen molar-refractivity contribution in [3.05, 3.63) is 68.8 Å². The Morgan fingerprint density at radius 2 is 1.14 bits per heavy atom. The van der Waals surface area contributed by atoms with Gasteiger partial charge in [-0.2, -0.15) is 0 Å². The summed E-state index contributed by atoms with van der Waals surface area (Å²) in [6.07, 6.45) is 1.06. The molecule has 0 bridgehead atoms. The van der Waals surface area contributed by atoms with Crippen LogP contribution in [-0.4, -0.2) is 10.9 Å². The van der Waals surface area contributed by atoms with Crippen LogP contribution in [0.2, 0.25) is 0 Å². The van der Waals surface area contributed by atoms with Gasteiger partial charge >= 0.3 is 0 Å². The largest absolute Gasteiger partial charge is 0.388 e. The number of aliphatic hydroxyl groups is 1. The molecule has 2 aromatic carbocycles. The Hall–Kier alpha value is -1.93. The molecule has 166 valence electrons. The van der Waals surface area contributed by atoms with Gasteiger partial charge in [-0.1, -0.05) is 54.3 Å². The van der Waals surface area contributed by atoms with E-state index in [0.29, 0.717) is 6.42 Å². The molecule has 29 heavy (non-hydrogen) atoms. The van der Waals surface area contributed by atoms with Crippen LogP contribution in [-0.2, 0) is 0 Å². The van der Waals surface area contributed by atoms with Gasteiger partial charge in [0, 0.05) is 12.0 Å². The lowest BCUT2D eigenvalue weighted by molar-refractivity contribution is 0.0987. The molecule has 0 heterocycles. The first-order chi connectivity index (χ1) is 12.1. The Labute approximate surface area is 181 Å². The number of benzene rings is 2. The summed E-state index contributed by atoms with van der Waals surface area (Å²) >= 11 is 0. The van der Waals surface area contributed by atoms with Crippen LogP contribution >= 0.6 is 0 Å². The number of Topliss-reactive ketones (excluding diaryl/α,β-unsaturated/α-hetero) is 1. The van der Waals surface area contributed by atoms with Gasteiger partial charge in [-0.25, -0.2) is 0 Å². The fraction of sp³-hybridized carbons (Fsp3) is 0.519. The van der Waals surface area contributed by atoms with E-state index in [1.54, 1.807) is 0 Å². The lowest BCUT2D eigenvalue weighted by Crippen LogP contribution is -2.01. The van der Waals surface area contributed by atoms with Crippen LogP contribution in [0, 0.1) is 41.5 Å². The highest BCUT2D eigenvalue weighted by Gasteiger charge is 2.09. The van der Waals surface area contributed by atoms with Crippen molar-refractivity contribution in [2.75, 3.05) is 0 Å². The zero-order valence-corrected chi connectivity index (χ0v) is 17.7. The fourth-order valence-corrected chi connectivity index (χ4v) is 3.01. The van der Waals surface area contributed by atoms with Crippen LogP contribution in [0.3, 0.4) is 0 Å². The van der Waals surface area contributed by atoms with Crippen LogP contribution in [0.5, 0.6) is 0 Å². The van der Waals surface area contributed by atoms with E-state index >= 15 is 0 Å². The predicted molar refractivity (Wildman–Crippen MR) is 131 cm³/mol. The summed E-state index contributed by atoms with van der Waals surface area (Å²) in [5, 5.41) is 9.73. The van der Waals surface area contributed by atoms with E-state index in [0.717, 1.165) is 23.1 Å². The molecule has 0 saturated heterocycles. The maximum Gasteiger partial charge on any atom is 0.162 e. The van der Waals surface area contributed by atoms with Gasteiger partial charge in [0.25, 0.3) is 0 Å². The van der Waals surface area contributed by atoms with Crippen LogP contribution in [0.25, 0.3) is 0 Å². The molecule has 0 radical (unpaired) electrons. The summed E-state index contributed by atoms with van der Waals surface area (Å²) in [5.41, 5.74) is 9.24. The maximum absolute atomic E-state index is 11.5. The van der Waals surface area contributed by atoms with E-state index in [1.807, 2.05) is 33.8 Å². The quantitative estimate of drug-likeness (QED) is 0.524. The minimum Gasteiger partial charge on any atom is -0.388 e. The fourth-order valence-electron chi connectivity index (χ4n) is 3.01. The second-order valence-corrected chi connectivity index (χ2v) is 7.25. The summed E-state index contributed by atoms with van der Waals surface area (Å²) < 4.78 is 0. The summed E-state index contributed by atoms with van der Waals surface area (Å²) in [7, 11) is 0. The third-order valence-electron chi connectivity index (χ3n) is 5.09. The molecule has 0 aliphatic carbocycles. The van der Waals surface area contributed by atoms with E-state index in [-0.39, 0.29) is 34.2 Å². The van der Waals surface area contributed by atoms with Crippen molar-refractivity contribution in [2.45, 2.75) is 96.6 Å². The van der Waals surface area contributed by atoms with Crippen LogP contribution in [0.15, 0.2) is 24.3 Å². The molecule has 2 rings (SSSR count). The standard InChI is InChI=1S/C12H18O.C12H16O.3CH4/c2*1-5-12(13)11-7-9(3)8(2)6-10(11)4;;;/h6-7,12-13H,5H2,1-4H3;6-7H,5H2,1-4H3;3*1H4. The van der Waals surface area contributed by atoms with E-state index < -0.39 is 0 Å². The van der Waals surface area contributed by atoms with Gasteiger partial charge < -0.3 is 5.11 Å². The molecule has 2 heteroatoms. The Balaban J connectivity index is -0.000000422. The summed E-state index contributed by atoms with van der Waals surface area (Å²) in [6.45, 7) is 16.3. The second kappa shape index (κ2) is 14.1. The molecule has 0 aromatic heterocycles. The van der Waals surface area contributed by atoms with Crippen molar-refractivity contribution < 1.29 is 9.90 Å². The van der Waals surface area contributed by atoms with Gasteiger partial charge in [-0.15, -0.1) is 0 Å². The molecular weight excluding hydrogens is 356 g/mol. The third-order valence-corrected chi connectivity index (χ3v) is 5.09. The minimum atomic E-state index is -0.306. The number of aryl methyl sites for hydroxylation is 6. The molecule has 0 saturated carbocycles. The van der Waals surface area contributed by atoms with Gasteiger partial charge in [-0.05, 0) is 93.0 Å². The number of hydrogen-bond donors (Lipinski definition) is 1. The monoisotopic (exact) mass is 402 g/mol. The van der Waals surface area contributed by atoms with Crippen molar-refractivity contribution in [1.29, 1.82) is 0 Å². The van der Waals surface area contributed by atoms with Crippen LogP contribution < -0.4 is 0 Å². The van der Waals surface area contributed by atoms with E-state index in [4.69, 9.17) is 0 Å². The number of carbonyl (C=O) groups excluding carboxylic acids is 1. The number of ketones is 1. The Kier molecular flexibility index (Phi) is 15.5. The van der Waals surface area contributed by atoms with E-state index in [9.17, 15) is 9.90 Å². The third kappa shape index (κ3) is 8.53. The average Bonchev–Trinajstić information content (AvgIpc) is 2.60. The molecule has 1 unspecified atom stereocenters. The molecule has 0 fully saturated rings. The smallest absolute Gasteiger partial charge is 0.162 e. The maximum atomic E-state index is 11.5. The molecule has 0 aliphatic rings. The van der Waals surface area contributed by atoms with Gasteiger partial charge in [0.05, 0.1) is 6.10 Å². The highest BCUT2D eigenvalue weighted by atomic mass is 16.3. The molecule has 0 aliphatic heterocycles. The first-order valence-corrected chi connectivity index (χ1v) is 9.49. The van der Waals surface area contributed by atoms with Crippen molar-refractivity contribution in [1.82, 2.24) is 0 Å². The molecular formula is C27H46O2.